The number of ether oxygens (including phenoxy) is 1. The lowest BCUT2D eigenvalue weighted by Gasteiger charge is -2.10. The molecule has 0 aliphatic carbocycles. The number of nitrogens with zero attached hydrogens (tertiary/aromatic N) is 5. The minimum atomic E-state index is -3.66. The lowest BCUT2D eigenvalue weighted by Crippen LogP contribution is -2.08. The maximum absolute atomic E-state index is 15.2. The lowest BCUT2D eigenvalue weighted by atomic mass is 9.99. The van der Waals surface area contributed by atoms with Crippen molar-refractivity contribution in [2.75, 3.05) is 10.5 Å². The highest BCUT2D eigenvalue weighted by Crippen LogP contribution is 2.38. The number of halogens is 1. The van der Waals surface area contributed by atoms with Crippen molar-refractivity contribution in [1.82, 2.24) is 24.8 Å². The number of pyridine rings is 1. The van der Waals surface area contributed by atoms with Crippen LogP contribution in [0.25, 0.3) is 27.9 Å². The molecule has 37 heavy (non-hydrogen) atoms. The maximum Gasteiger partial charge on any atom is 0.254 e. The highest BCUT2D eigenvalue weighted by atomic mass is 32.2. The van der Waals surface area contributed by atoms with Crippen LogP contribution in [0.4, 0.5) is 15.9 Å². The van der Waals surface area contributed by atoms with Crippen molar-refractivity contribution >= 4 is 27.0 Å². The number of nitrogen functional groups attached to an aromatic ring is 1. The Morgan fingerprint density at radius 1 is 1.11 bits per heavy atom. The van der Waals surface area contributed by atoms with Crippen LogP contribution in [0.2, 0.25) is 0 Å². The number of benzene rings is 2. The SMILES string of the molecule is C=CS(=O)(=O)Nc1ccc(-c2nn3ncnc(N)c3c2-c2ccc(Oc3cccc(C)n3)c(F)c2)cc1. The molecule has 0 saturated carbocycles. The summed E-state index contributed by atoms with van der Waals surface area (Å²) in [5.41, 5.74) is 9.64. The minimum absolute atomic E-state index is 0.00273. The van der Waals surface area contributed by atoms with Gasteiger partial charge in [0.25, 0.3) is 10.0 Å². The standard InChI is InChI=1S/C25H20FN7O3S/c1-3-37(34,35)32-18-10-7-16(8-11-18)23-22(24-25(27)28-14-29-33(24)31-23)17-9-12-20(19(26)13-17)36-21-6-4-5-15(2)30-21/h3-14,32H,1H2,2H3,(H2,27,28,29). The molecule has 0 amide bonds. The number of nitrogens with one attached hydrogen (secondary N) is 1. The molecule has 3 heterocycles. The van der Waals surface area contributed by atoms with Gasteiger partial charge in [0.2, 0.25) is 5.88 Å². The van der Waals surface area contributed by atoms with E-state index in [1.165, 1.54) is 23.1 Å². The van der Waals surface area contributed by atoms with Gasteiger partial charge < -0.3 is 10.5 Å². The van der Waals surface area contributed by atoms with E-state index in [-0.39, 0.29) is 17.4 Å². The molecule has 2 aromatic carbocycles. The summed E-state index contributed by atoms with van der Waals surface area (Å²) in [4.78, 5) is 8.30. The van der Waals surface area contributed by atoms with Gasteiger partial charge in [-0.05, 0) is 42.8 Å². The molecule has 0 radical (unpaired) electrons. The first kappa shape index (κ1) is 23.9. The van der Waals surface area contributed by atoms with Gasteiger partial charge in [-0.15, -0.1) is 14.8 Å². The number of sulfonamides is 1. The van der Waals surface area contributed by atoms with Gasteiger partial charge in [0, 0.05) is 34.0 Å². The van der Waals surface area contributed by atoms with Gasteiger partial charge in [-0.1, -0.05) is 30.8 Å². The Hall–Kier alpha value is -4.84. The van der Waals surface area contributed by atoms with Crippen LogP contribution >= 0.6 is 0 Å². The van der Waals surface area contributed by atoms with Gasteiger partial charge in [0.1, 0.15) is 17.5 Å². The molecule has 12 heteroatoms. The monoisotopic (exact) mass is 517 g/mol. The van der Waals surface area contributed by atoms with Crippen LogP contribution < -0.4 is 15.2 Å². The van der Waals surface area contributed by atoms with Gasteiger partial charge in [-0.3, -0.25) is 4.72 Å². The van der Waals surface area contributed by atoms with Crippen molar-refractivity contribution in [3.63, 3.8) is 0 Å². The molecule has 0 aliphatic heterocycles. The molecule has 3 aromatic heterocycles. The van der Waals surface area contributed by atoms with Crippen LogP contribution in [0, 0.1) is 12.7 Å². The summed E-state index contributed by atoms with van der Waals surface area (Å²) in [7, 11) is -3.66. The van der Waals surface area contributed by atoms with E-state index in [1.807, 2.05) is 13.0 Å². The predicted octanol–water partition coefficient (Wildman–Crippen LogP) is 4.56. The van der Waals surface area contributed by atoms with E-state index in [4.69, 9.17) is 10.5 Å². The van der Waals surface area contributed by atoms with E-state index in [0.29, 0.717) is 33.6 Å². The smallest absolute Gasteiger partial charge is 0.254 e. The second-order valence-electron chi connectivity index (χ2n) is 7.96. The van der Waals surface area contributed by atoms with Crippen molar-refractivity contribution in [2.45, 2.75) is 6.92 Å². The maximum atomic E-state index is 15.2. The minimum Gasteiger partial charge on any atom is -0.436 e. The zero-order chi connectivity index (χ0) is 26.2. The quantitative estimate of drug-likeness (QED) is 0.320. The number of fused-ring (bicyclic) bond motifs is 1. The average molecular weight is 518 g/mol. The van der Waals surface area contributed by atoms with Gasteiger partial charge in [0.15, 0.2) is 17.4 Å². The van der Waals surface area contributed by atoms with Crippen molar-refractivity contribution in [2.24, 2.45) is 0 Å². The number of nitrogens with two attached hydrogens (primary N) is 1. The second kappa shape index (κ2) is 9.32. The van der Waals surface area contributed by atoms with Crippen LogP contribution in [-0.2, 0) is 10.0 Å². The number of hydrogen-bond acceptors (Lipinski definition) is 8. The van der Waals surface area contributed by atoms with Gasteiger partial charge in [-0.2, -0.15) is 0 Å². The number of rotatable bonds is 7. The van der Waals surface area contributed by atoms with E-state index in [9.17, 15) is 8.42 Å². The summed E-state index contributed by atoms with van der Waals surface area (Å²) in [5, 5.41) is 9.50. The van der Waals surface area contributed by atoms with Crippen LogP contribution in [0.3, 0.4) is 0 Å². The molecule has 0 fully saturated rings. The van der Waals surface area contributed by atoms with Crippen LogP contribution in [-0.4, -0.2) is 33.2 Å². The summed E-state index contributed by atoms with van der Waals surface area (Å²) in [6.45, 7) is 5.09. The van der Waals surface area contributed by atoms with E-state index < -0.39 is 15.8 Å². The fourth-order valence-corrected chi connectivity index (χ4v) is 4.27. The Morgan fingerprint density at radius 3 is 2.57 bits per heavy atom. The third-order valence-corrected chi connectivity index (χ3v) is 6.36. The molecular weight excluding hydrogens is 497 g/mol. The highest BCUT2D eigenvalue weighted by molar-refractivity contribution is 7.95. The van der Waals surface area contributed by atoms with E-state index in [2.05, 4.69) is 31.5 Å². The van der Waals surface area contributed by atoms with Gasteiger partial charge in [-0.25, -0.2) is 22.8 Å². The second-order valence-corrected chi connectivity index (χ2v) is 9.59. The summed E-state index contributed by atoms with van der Waals surface area (Å²) >= 11 is 0. The summed E-state index contributed by atoms with van der Waals surface area (Å²) in [6, 6.07) is 16.2. The largest absolute Gasteiger partial charge is 0.436 e. The molecule has 5 aromatic rings. The van der Waals surface area contributed by atoms with Crippen molar-refractivity contribution in [3.05, 3.63) is 90.5 Å². The Bertz CT molecular complexity index is 1750. The fourth-order valence-electron chi connectivity index (χ4n) is 3.72. The Balaban J connectivity index is 1.59. The molecule has 0 aliphatic rings. The highest BCUT2D eigenvalue weighted by Gasteiger charge is 2.21. The van der Waals surface area contributed by atoms with Crippen LogP contribution in [0.5, 0.6) is 11.6 Å². The molecule has 0 saturated heterocycles. The summed E-state index contributed by atoms with van der Waals surface area (Å²) in [5.74, 6) is -0.185. The number of aromatic nitrogens is 5. The van der Waals surface area contributed by atoms with E-state index >= 15 is 4.39 Å². The number of hydrogen-bond donors (Lipinski definition) is 2. The van der Waals surface area contributed by atoms with E-state index in [1.54, 1.807) is 42.5 Å². The van der Waals surface area contributed by atoms with Gasteiger partial charge in [0.05, 0.1) is 0 Å². The first-order valence-corrected chi connectivity index (χ1v) is 12.5. The van der Waals surface area contributed by atoms with Crippen LogP contribution in [0.1, 0.15) is 5.69 Å². The van der Waals surface area contributed by atoms with Crippen LogP contribution in [0.15, 0.2) is 79.0 Å². The molecule has 186 valence electrons. The lowest BCUT2D eigenvalue weighted by molar-refractivity contribution is 0.427. The van der Waals surface area contributed by atoms with Gasteiger partial charge >= 0.3 is 0 Å². The third kappa shape index (κ3) is 4.82. The van der Waals surface area contributed by atoms with Crippen molar-refractivity contribution < 1.29 is 17.5 Å². The molecule has 0 atom stereocenters. The molecule has 0 spiro atoms. The molecule has 0 bridgehead atoms. The first-order valence-electron chi connectivity index (χ1n) is 10.9. The molecule has 0 unspecified atom stereocenters. The zero-order valence-corrected chi connectivity index (χ0v) is 20.3. The predicted molar refractivity (Wildman–Crippen MR) is 138 cm³/mol. The van der Waals surface area contributed by atoms with E-state index in [0.717, 1.165) is 11.1 Å². The zero-order valence-electron chi connectivity index (χ0n) is 19.5. The van der Waals surface area contributed by atoms with Crippen molar-refractivity contribution in [3.8, 4) is 34.0 Å². The molecule has 5 rings (SSSR count). The van der Waals surface area contributed by atoms with Crippen molar-refractivity contribution in [1.29, 1.82) is 0 Å². The molecular formula is C25H20FN7O3S. The number of anilines is 2. The Labute approximate surface area is 211 Å². The Kier molecular flexibility index (Phi) is 6.01. The normalized spacial score (nSPS) is 11.4. The average Bonchev–Trinajstić information content (AvgIpc) is 3.26. The Morgan fingerprint density at radius 2 is 1.86 bits per heavy atom. The molecule has 10 nitrogen and oxygen atoms in total. The fraction of sp³-hybridized carbons (Fsp3) is 0.0400. The topological polar surface area (TPSA) is 137 Å². The summed E-state index contributed by atoms with van der Waals surface area (Å²) in [6.07, 6.45) is 1.27. The summed E-state index contributed by atoms with van der Waals surface area (Å²) < 4.78 is 48.1. The number of aryl methyl sites for hydroxylation is 1. The molecule has 3 N–H and O–H groups in total. The third-order valence-electron chi connectivity index (χ3n) is 5.40. The first-order chi connectivity index (χ1) is 17.7.